The molecular weight excluding hydrogens is 516 g/mol. The summed E-state index contributed by atoms with van der Waals surface area (Å²) >= 11 is 2.85. The van der Waals surface area contributed by atoms with Gasteiger partial charge < -0.3 is 5.11 Å². The minimum atomic E-state index is -4.02. The summed E-state index contributed by atoms with van der Waals surface area (Å²) in [6, 6.07) is 6.39. The number of rotatable bonds is 11. The first-order valence-electron chi connectivity index (χ1n) is 10.7. The van der Waals surface area contributed by atoms with Gasteiger partial charge >= 0.3 is 0 Å². The Bertz CT molecular complexity index is 1320. The van der Waals surface area contributed by atoms with Crippen LogP contribution in [0.1, 0.15) is 19.4 Å². The van der Waals surface area contributed by atoms with Gasteiger partial charge in [-0.15, -0.1) is 11.3 Å². The lowest BCUT2D eigenvalue weighted by molar-refractivity contribution is 0.116. The number of azide groups is 1. The first kappa shape index (κ1) is 27.3. The van der Waals surface area contributed by atoms with Crippen molar-refractivity contribution >= 4 is 43.3 Å². The van der Waals surface area contributed by atoms with Gasteiger partial charge in [0.1, 0.15) is 11.6 Å². The van der Waals surface area contributed by atoms with Gasteiger partial charge in [0, 0.05) is 24.1 Å². The Morgan fingerprint density at radius 1 is 1.20 bits per heavy atom. The number of thioether (sulfide) groups is 1. The molecule has 0 aliphatic heterocycles. The second kappa shape index (κ2) is 11.6. The molecule has 1 heterocycles. The fourth-order valence-corrected chi connectivity index (χ4v) is 6.83. The molecule has 13 heteroatoms. The molecule has 1 aromatic heterocycles. The molecule has 1 N–H and O–H groups in total. The Labute approximate surface area is 210 Å². The van der Waals surface area contributed by atoms with Crippen LogP contribution in [0.5, 0.6) is 0 Å². The van der Waals surface area contributed by atoms with Crippen molar-refractivity contribution in [2.24, 2.45) is 11.0 Å². The number of hydrogen-bond acceptors (Lipinski definition) is 7. The van der Waals surface area contributed by atoms with E-state index in [-0.39, 0.29) is 35.9 Å². The van der Waals surface area contributed by atoms with E-state index in [0.29, 0.717) is 11.6 Å². The fraction of sp³-hybridized carbons (Fsp3) is 0.409. The molecule has 188 valence electrons. The van der Waals surface area contributed by atoms with Crippen molar-refractivity contribution in [2.45, 2.75) is 41.6 Å². The molecule has 8 nitrogen and oxygen atoms in total. The van der Waals surface area contributed by atoms with Gasteiger partial charge in [-0.25, -0.2) is 22.2 Å². The van der Waals surface area contributed by atoms with E-state index in [1.165, 1.54) is 29.2 Å². The topological polar surface area (TPSA) is 119 Å². The lowest BCUT2D eigenvalue weighted by Crippen LogP contribution is -2.43. The van der Waals surface area contributed by atoms with Crippen LogP contribution in [0.4, 0.5) is 8.78 Å². The third-order valence-corrected chi connectivity index (χ3v) is 8.95. The minimum absolute atomic E-state index is 0.0571. The maximum atomic E-state index is 13.6. The average molecular weight is 542 g/mol. The van der Waals surface area contributed by atoms with Gasteiger partial charge in [0.05, 0.1) is 27.3 Å². The van der Waals surface area contributed by atoms with Crippen molar-refractivity contribution in [2.75, 3.05) is 19.3 Å². The van der Waals surface area contributed by atoms with Crippen LogP contribution in [0, 0.1) is 17.6 Å². The van der Waals surface area contributed by atoms with Crippen LogP contribution in [0.3, 0.4) is 0 Å². The lowest BCUT2D eigenvalue weighted by Gasteiger charge is -2.28. The van der Waals surface area contributed by atoms with Gasteiger partial charge in [0.15, 0.2) is 4.34 Å². The summed E-state index contributed by atoms with van der Waals surface area (Å²) in [7, 11) is -4.02. The second-order valence-corrected chi connectivity index (χ2v) is 12.4. The monoisotopic (exact) mass is 541 g/mol. The third kappa shape index (κ3) is 6.90. The molecule has 0 saturated heterocycles. The Morgan fingerprint density at radius 3 is 2.49 bits per heavy atom. The molecule has 0 aliphatic rings. The molecule has 3 aromatic rings. The number of thiazole rings is 1. The summed E-state index contributed by atoms with van der Waals surface area (Å²) in [6.45, 7) is 3.42. The van der Waals surface area contributed by atoms with Crippen molar-refractivity contribution in [3.8, 4) is 0 Å². The number of halogens is 2. The van der Waals surface area contributed by atoms with Crippen LogP contribution in [-0.4, -0.2) is 54.3 Å². The van der Waals surface area contributed by atoms with Crippen LogP contribution in [0.2, 0.25) is 0 Å². The molecule has 0 amide bonds. The molecule has 0 spiro atoms. The van der Waals surface area contributed by atoms with Crippen LogP contribution >= 0.6 is 23.1 Å². The van der Waals surface area contributed by atoms with Crippen LogP contribution < -0.4 is 0 Å². The van der Waals surface area contributed by atoms with E-state index in [2.05, 4.69) is 15.0 Å². The molecular formula is C22H25F2N5O3S3. The third-order valence-electron chi connectivity index (χ3n) is 5.12. The highest BCUT2D eigenvalue weighted by atomic mass is 32.2. The summed E-state index contributed by atoms with van der Waals surface area (Å²) in [6.07, 6.45) is 0.306. The maximum Gasteiger partial charge on any atom is 0.243 e. The number of aliphatic hydroxyl groups excluding tert-OH is 1. The zero-order valence-corrected chi connectivity index (χ0v) is 21.7. The van der Waals surface area contributed by atoms with Crippen molar-refractivity contribution in [3.63, 3.8) is 0 Å². The molecule has 2 aromatic carbocycles. The predicted octanol–water partition coefficient (Wildman–Crippen LogP) is 5.23. The van der Waals surface area contributed by atoms with E-state index in [1.54, 1.807) is 12.1 Å². The fourth-order valence-electron chi connectivity index (χ4n) is 3.58. The first-order valence-corrected chi connectivity index (χ1v) is 14.1. The number of aromatic nitrogens is 1. The first-order chi connectivity index (χ1) is 16.5. The smallest absolute Gasteiger partial charge is 0.243 e. The van der Waals surface area contributed by atoms with Crippen molar-refractivity contribution in [1.82, 2.24) is 9.29 Å². The zero-order valence-electron chi connectivity index (χ0n) is 19.3. The van der Waals surface area contributed by atoms with Crippen LogP contribution in [0.15, 0.2) is 50.7 Å². The zero-order chi connectivity index (χ0) is 25.8. The quantitative estimate of drug-likeness (QED) is 0.154. The largest absolute Gasteiger partial charge is 0.391 e. The van der Waals surface area contributed by atoms with E-state index in [9.17, 15) is 22.3 Å². The molecule has 0 aliphatic carbocycles. The van der Waals surface area contributed by atoms with Gasteiger partial charge in [-0.3, -0.25) is 0 Å². The van der Waals surface area contributed by atoms with Gasteiger partial charge in [-0.05, 0) is 60.0 Å². The van der Waals surface area contributed by atoms with E-state index >= 15 is 0 Å². The van der Waals surface area contributed by atoms with Crippen molar-refractivity contribution in [1.29, 1.82) is 0 Å². The van der Waals surface area contributed by atoms with Crippen molar-refractivity contribution in [3.05, 3.63) is 64.0 Å². The van der Waals surface area contributed by atoms with Gasteiger partial charge in [-0.1, -0.05) is 30.7 Å². The summed E-state index contributed by atoms with van der Waals surface area (Å²) in [5, 5.41) is 14.4. The highest BCUT2D eigenvalue weighted by Crippen LogP contribution is 2.31. The van der Waals surface area contributed by atoms with Crippen LogP contribution in [0.25, 0.3) is 20.7 Å². The average Bonchev–Trinajstić information content (AvgIpc) is 3.20. The van der Waals surface area contributed by atoms with Gasteiger partial charge in [-0.2, -0.15) is 4.31 Å². The Morgan fingerprint density at radius 2 is 1.89 bits per heavy atom. The highest BCUT2D eigenvalue weighted by molar-refractivity contribution is 8.00. The summed E-state index contributed by atoms with van der Waals surface area (Å²) < 4.78 is 57.0. The molecule has 0 saturated carbocycles. The van der Waals surface area contributed by atoms with E-state index < -0.39 is 33.8 Å². The summed E-state index contributed by atoms with van der Waals surface area (Å²) in [4.78, 5) is 7.22. The number of sulfonamides is 1. The van der Waals surface area contributed by atoms with Gasteiger partial charge in [0.2, 0.25) is 10.0 Å². The molecule has 3 rings (SSSR count). The minimum Gasteiger partial charge on any atom is -0.391 e. The molecule has 2 atom stereocenters. The molecule has 0 bridgehead atoms. The van der Waals surface area contributed by atoms with E-state index in [1.807, 2.05) is 20.1 Å². The standard InChI is InChI=1S/C22H25F2N5O3S3/c1-13(2)11-29(35(31,32)17-4-5-18-21(10-17)34-22(26-18)33-3)12-20(30)19(27-28-25)8-14-6-15(23)9-16(24)7-14/h4-7,9-10,13,19-20,30H,8,11-12H2,1-3H3. The predicted molar refractivity (Wildman–Crippen MR) is 134 cm³/mol. The molecule has 35 heavy (non-hydrogen) atoms. The molecule has 2 unspecified atom stereocenters. The SMILES string of the molecule is CSc1nc2ccc(S(=O)(=O)N(CC(C)C)CC(O)C(Cc3cc(F)cc(F)c3)N=[N+]=[N-])cc2s1. The Balaban J connectivity index is 1.90. The number of benzene rings is 2. The highest BCUT2D eigenvalue weighted by Gasteiger charge is 2.31. The lowest BCUT2D eigenvalue weighted by atomic mass is 10.0. The molecule has 0 fully saturated rings. The Hall–Kier alpha value is -2.28. The normalized spacial score (nSPS) is 13.8. The number of fused-ring (bicyclic) bond motifs is 1. The van der Waals surface area contributed by atoms with Crippen LogP contribution in [-0.2, 0) is 16.4 Å². The number of hydrogen-bond donors (Lipinski definition) is 1. The van der Waals surface area contributed by atoms with E-state index in [0.717, 1.165) is 25.5 Å². The summed E-state index contributed by atoms with van der Waals surface area (Å²) in [5.41, 5.74) is 9.85. The maximum absolute atomic E-state index is 13.6. The second-order valence-electron chi connectivity index (χ2n) is 8.35. The molecule has 0 radical (unpaired) electrons. The number of aliphatic hydroxyl groups is 1. The summed E-state index contributed by atoms with van der Waals surface area (Å²) in [5.74, 6) is -1.68. The van der Waals surface area contributed by atoms with Crippen molar-refractivity contribution < 1.29 is 22.3 Å². The Kier molecular flexibility index (Phi) is 9.08. The van der Waals surface area contributed by atoms with E-state index in [4.69, 9.17) is 5.53 Å². The number of nitrogens with zero attached hydrogens (tertiary/aromatic N) is 5. The van der Waals surface area contributed by atoms with Gasteiger partial charge in [0.25, 0.3) is 0 Å².